The van der Waals surface area contributed by atoms with Gasteiger partial charge in [-0.3, -0.25) is 0 Å². The van der Waals surface area contributed by atoms with E-state index in [4.69, 9.17) is 4.74 Å². The van der Waals surface area contributed by atoms with Crippen molar-refractivity contribution in [1.82, 2.24) is 10.6 Å². The molecule has 2 unspecified atom stereocenters. The predicted molar refractivity (Wildman–Crippen MR) is 96.7 cm³/mol. The molecule has 0 aromatic carbocycles. The lowest BCUT2D eigenvalue weighted by Gasteiger charge is -2.27. The van der Waals surface area contributed by atoms with Crippen LogP contribution >= 0.6 is 0 Å². The Morgan fingerprint density at radius 3 is 2.35 bits per heavy atom. The molecule has 0 aliphatic heterocycles. The molecule has 0 radical (unpaired) electrons. The molecule has 0 saturated heterocycles. The Morgan fingerprint density at radius 1 is 1.09 bits per heavy atom. The zero-order valence-electron chi connectivity index (χ0n) is 16.1. The Balaban J connectivity index is 2.25. The third kappa shape index (κ3) is 9.19. The van der Waals surface area contributed by atoms with Crippen molar-refractivity contribution < 1.29 is 9.53 Å². The highest BCUT2D eigenvalue weighted by molar-refractivity contribution is 5.68. The van der Waals surface area contributed by atoms with Crippen LogP contribution in [0.4, 0.5) is 4.79 Å². The first-order valence-electron chi connectivity index (χ1n) is 9.34. The monoisotopic (exact) mass is 326 g/mol. The summed E-state index contributed by atoms with van der Waals surface area (Å²) in [5.74, 6) is 0. The number of amides is 1. The standard InChI is InChI=1S/C19H38N2O2/c1-7-8-9-12-19(5,6)14-20-15-10-11-16(13-15)21-17(22)23-18(2,3)4/h15-16,20H,7-14H2,1-6H3,(H,21,22). The molecule has 1 aliphatic carbocycles. The molecule has 0 bridgehead atoms. The summed E-state index contributed by atoms with van der Waals surface area (Å²) < 4.78 is 5.33. The van der Waals surface area contributed by atoms with E-state index in [0.29, 0.717) is 11.5 Å². The van der Waals surface area contributed by atoms with E-state index in [1.807, 2.05) is 20.8 Å². The Hall–Kier alpha value is -0.770. The summed E-state index contributed by atoms with van der Waals surface area (Å²) in [4.78, 5) is 11.8. The second kappa shape index (κ2) is 8.91. The highest BCUT2D eigenvalue weighted by Gasteiger charge is 2.28. The molecule has 1 rings (SSSR count). The SMILES string of the molecule is CCCCCC(C)(C)CNC1CCC(NC(=O)OC(C)(C)C)C1. The summed E-state index contributed by atoms with van der Waals surface area (Å²) in [6.07, 6.45) is 8.09. The number of hydrogen-bond donors (Lipinski definition) is 2. The van der Waals surface area contributed by atoms with Crippen LogP contribution < -0.4 is 10.6 Å². The van der Waals surface area contributed by atoms with Gasteiger partial charge in [-0.15, -0.1) is 0 Å². The fourth-order valence-corrected chi connectivity index (χ4v) is 3.13. The number of ether oxygens (including phenoxy) is 1. The summed E-state index contributed by atoms with van der Waals surface area (Å²) >= 11 is 0. The van der Waals surface area contributed by atoms with Gasteiger partial charge in [0.05, 0.1) is 0 Å². The number of nitrogens with one attached hydrogen (secondary N) is 2. The molecule has 4 nitrogen and oxygen atoms in total. The third-order valence-electron chi connectivity index (χ3n) is 4.48. The molecule has 1 fully saturated rings. The van der Waals surface area contributed by atoms with Gasteiger partial charge in [-0.1, -0.05) is 40.0 Å². The van der Waals surface area contributed by atoms with Crippen LogP contribution in [0, 0.1) is 5.41 Å². The Kier molecular flexibility index (Phi) is 7.85. The van der Waals surface area contributed by atoms with Crippen molar-refractivity contribution in [3.8, 4) is 0 Å². The highest BCUT2D eigenvalue weighted by atomic mass is 16.6. The first-order valence-corrected chi connectivity index (χ1v) is 9.34. The summed E-state index contributed by atoms with van der Waals surface area (Å²) in [5, 5.41) is 6.71. The van der Waals surface area contributed by atoms with Crippen LogP contribution in [0.2, 0.25) is 0 Å². The fourth-order valence-electron chi connectivity index (χ4n) is 3.13. The van der Waals surface area contributed by atoms with Crippen molar-refractivity contribution in [3.63, 3.8) is 0 Å². The van der Waals surface area contributed by atoms with E-state index in [2.05, 4.69) is 31.4 Å². The zero-order chi connectivity index (χ0) is 17.5. The predicted octanol–water partition coefficient (Wildman–Crippen LogP) is 4.63. The summed E-state index contributed by atoms with van der Waals surface area (Å²) in [6, 6.07) is 0.756. The van der Waals surface area contributed by atoms with E-state index in [9.17, 15) is 4.79 Å². The van der Waals surface area contributed by atoms with Crippen LogP contribution in [0.1, 0.15) is 86.5 Å². The van der Waals surface area contributed by atoms with E-state index in [1.165, 1.54) is 25.7 Å². The maximum absolute atomic E-state index is 11.8. The van der Waals surface area contributed by atoms with Crippen molar-refractivity contribution in [2.75, 3.05) is 6.54 Å². The summed E-state index contributed by atoms with van der Waals surface area (Å²) in [6.45, 7) is 13.7. The van der Waals surface area contributed by atoms with E-state index in [1.54, 1.807) is 0 Å². The topological polar surface area (TPSA) is 50.4 Å². The van der Waals surface area contributed by atoms with Gasteiger partial charge in [-0.2, -0.15) is 0 Å². The molecule has 0 heterocycles. The van der Waals surface area contributed by atoms with Crippen LogP contribution in [0.5, 0.6) is 0 Å². The van der Waals surface area contributed by atoms with Crippen molar-refractivity contribution >= 4 is 6.09 Å². The van der Waals surface area contributed by atoms with Gasteiger partial charge in [0, 0.05) is 18.6 Å². The van der Waals surface area contributed by atoms with Gasteiger partial charge in [-0.25, -0.2) is 4.79 Å². The van der Waals surface area contributed by atoms with Crippen LogP contribution in [0.15, 0.2) is 0 Å². The molecule has 0 spiro atoms. The Labute approximate surface area is 143 Å². The smallest absolute Gasteiger partial charge is 0.407 e. The maximum Gasteiger partial charge on any atom is 0.407 e. The van der Waals surface area contributed by atoms with Crippen molar-refractivity contribution in [3.05, 3.63) is 0 Å². The van der Waals surface area contributed by atoms with E-state index < -0.39 is 5.60 Å². The zero-order valence-corrected chi connectivity index (χ0v) is 16.1. The van der Waals surface area contributed by atoms with Crippen LogP contribution in [0.25, 0.3) is 0 Å². The number of unbranched alkanes of at least 4 members (excludes halogenated alkanes) is 2. The summed E-state index contributed by atoms with van der Waals surface area (Å²) in [5.41, 5.74) is -0.0747. The van der Waals surface area contributed by atoms with E-state index in [0.717, 1.165) is 25.8 Å². The normalized spacial score (nSPS) is 22.2. The number of carbonyl (C=O) groups excluding carboxylic acids is 1. The average molecular weight is 327 g/mol. The van der Waals surface area contributed by atoms with Crippen LogP contribution in [0.3, 0.4) is 0 Å². The molecule has 136 valence electrons. The van der Waals surface area contributed by atoms with Gasteiger partial charge in [-0.05, 0) is 51.9 Å². The molecule has 4 heteroatoms. The minimum Gasteiger partial charge on any atom is -0.444 e. The number of carbonyl (C=O) groups is 1. The quantitative estimate of drug-likeness (QED) is 0.639. The molecular formula is C19H38N2O2. The largest absolute Gasteiger partial charge is 0.444 e. The second-order valence-corrected chi connectivity index (χ2v) is 8.86. The van der Waals surface area contributed by atoms with E-state index in [-0.39, 0.29) is 12.1 Å². The molecule has 2 atom stereocenters. The number of rotatable bonds is 8. The minimum atomic E-state index is -0.428. The van der Waals surface area contributed by atoms with Crippen molar-refractivity contribution in [1.29, 1.82) is 0 Å². The lowest BCUT2D eigenvalue weighted by atomic mass is 9.86. The lowest BCUT2D eigenvalue weighted by molar-refractivity contribution is 0.0505. The second-order valence-electron chi connectivity index (χ2n) is 8.86. The molecule has 0 aromatic heterocycles. The molecular weight excluding hydrogens is 288 g/mol. The molecule has 23 heavy (non-hydrogen) atoms. The molecule has 1 amide bonds. The van der Waals surface area contributed by atoms with Gasteiger partial charge in [0.2, 0.25) is 0 Å². The van der Waals surface area contributed by atoms with Crippen molar-refractivity contribution in [2.24, 2.45) is 5.41 Å². The molecule has 2 N–H and O–H groups in total. The maximum atomic E-state index is 11.8. The third-order valence-corrected chi connectivity index (χ3v) is 4.48. The molecule has 0 aromatic rings. The summed E-state index contributed by atoms with van der Waals surface area (Å²) in [7, 11) is 0. The number of alkyl carbamates (subject to hydrolysis) is 1. The van der Waals surface area contributed by atoms with E-state index >= 15 is 0 Å². The Morgan fingerprint density at radius 2 is 1.74 bits per heavy atom. The van der Waals surface area contributed by atoms with Gasteiger partial charge in [0.15, 0.2) is 0 Å². The van der Waals surface area contributed by atoms with Gasteiger partial charge >= 0.3 is 6.09 Å². The Bertz CT molecular complexity index is 361. The first kappa shape index (κ1) is 20.3. The minimum absolute atomic E-state index is 0.241. The van der Waals surface area contributed by atoms with Gasteiger partial charge in [0.25, 0.3) is 0 Å². The molecule has 1 saturated carbocycles. The van der Waals surface area contributed by atoms with Gasteiger partial charge in [0.1, 0.15) is 5.60 Å². The fraction of sp³-hybridized carbons (Fsp3) is 0.947. The van der Waals surface area contributed by atoms with Crippen molar-refractivity contribution in [2.45, 2.75) is 104 Å². The van der Waals surface area contributed by atoms with Gasteiger partial charge < -0.3 is 15.4 Å². The number of hydrogen-bond acceptors (Lipinski definition) is 3. The molecule has 1 aliphatic rings. The van der Waals surface area contributed by atoms with Crippen LogP contribution in [-0.4, -0.2) is 30.3 Å². The lowest BCUT2D eigenvalue weighted by Crippen LogP contribution is -2.40. The highest BCUT2D eigenvalue weighted by Crippen LogP contribution is 2.25. The first-order chi connectivity index (χ1) is 10.6. The van der Waals surface area contributed by atoms with Crippen LogP contribution in [-0.2, 0) is 4.74 Å². The average Bonchev–Trinajstić information content (AvgIpc) is 2.82.